The highest BCUT2D eigenvalue weighted by molar-refractivity contribution is 5.85. The molecule has 1 aromatic rings. The van der Waals surface area contributed by atoms with E-state index in [1.165, 1.54) is 0 Å². The zero-order chi connectivity index (χ0) is 20.4. The monoisotopic (exact) mass is 390 g/mol. The number of para-hydroxylation sites is 1. The molecule has 1 fully saturated rings. The molecule has 1 saturated carbocycles. The summed E-state index contributed by atoms with van der Waals surface area (Å²) in [5, 5.41) is 6.58. The molecular weight excluding hydrogens is 356 g/mol. The molecule has 0 bridgehead atoms. The summed E-state index contributed by atoms with van der Waals surface area (Å²) in [4.78, 5) is 18.6. The maximum atomic E-state index is 12.6. The quantitative estimate of drug-likeness (QED) is 0.383. The van der Waals surface area contributed by atoms with Crippen molar-refractivity contribution in [3.63, 3.8) is 0 Å². The Bertz CT molecular complexity index is 655. The van der Waals surface area contributed by atoms with Gasteiger partial charge in [-0.05, 0) is 18.9 Å². The number of nitrogens with zero attached hydrogens (tertiary/aromatic N) is 2. The maximum absolute atomic E-state index is 12.6. The number of ether oxygens (including phenoxy) is 2. The summed E-state index contributed by atoms with van der Waals surface area (Å²) in [6.45, 7) is 2.27. The molecule has 0 unspecified atom stereocenters. The van der Waals surface area contributed by atoms with Crippen molar-refractivity contribution in [2.24, 2.45) is 10.4 Å². The summed E-state index contributed by atoms with van der Waals surface area (Å²) in [6, 6.07) is 7.84. The molecule has 2 rings (SSSR count). The molecule has 2 N–H and O–H groups in total. The van der Waals surface area contributed by atoms with Crippen LogP contribution >= 0.6 is 0 Å². The molecule has 0 atom stereocenters. The summed E-state index contributed by atoms with van der Waals surface area (Å²) >= 11 is 0. The zero-order valence-electron chi connectivity index (χ0n) is 17.6. The first-order valence-corrected chi connectivity index (χ1v) is 9.88. The number of nitrogens with one attached hydrogen (secondary N) is 2. The molecule has 0 heterocycles. The fourth-order valence-electron chi connectivity index (χ4n) is 3.71. The van der Waals surface area contributed by atoms with E-state index >= 15 is 0 Å². The largest absolute Gasteiger partial charge is 0.496 e. The number of benzene rings is 1. The molecule has 1 aliphatic rings. The smallest absolute Gasteiger partial charge is 0.230 e. The van der Waals surface area contributed by atoms with Crippen LogP contribution in [0.4, 0.5) is 0 Å². The number of amides is 1. The van der Waals surface area contributed by atoms with Gasteiger partial charge >= 0.3 is 0 Å². The number of carbonyl (C=O) groups excluding carboxylic acids is 1. The normalized spacial score (nSPS) is 15.9. The summed E-state index contributed by atoms with van der Waals surface area (Å²) in [5.41, 5.74) is 0.708. The van der Waals surface area contributed by atoms with Crippen molar-refractivity contribution in [1.82, 2.24) is 15.5 Å². The molecule has 1 aromatic carbocycles. The molecule has 7 heteroatoms. The van der Waals surface area contributed by atoms with Crippen molar-refractivity contribution in [3.05, 3.63) is 29.8 Å². The first-order valence-electron chi connectivity index (χ1n) is 9.88. The first-order chi connectivity index (χ1) is 13.5. The Morgan fingerprint density at radius 2 is 1.93 bits per heavy atom. The van der Waals surface area contributed by atoms with Crippen LogP contribution in [0, 0.1) is 5.41 Å². The lowest BCUT2D eigenvalue weighted by molar-refractivity contribution is -0.138. The fourth-order valence-corrected chi connectivity index (χ4v) is 3.71. The van der Waals surface area contributed by atoms with Crippen molar-refractivity contribution < 1.29 is 14.3 Å². The number of rotatable bonds is 9. The third-order valence-corrected chi connectivity index (χ3v) is 5.23. The highest BCUT2D eigenvalue weighted by atomic mass is 16.5. The summed E-state index contributed by atoms with van der Waals surface area (Å²) in [6.07, 6.45) is 4.06. The minimum Gasteiger partial charge on any atom is -0.496 e. The second kappa shape index (κ2) is 10.9. The number of hydrogen-bond acceptors (Lipinski definition) is 4. The van der Waals surface area contributed by atoms with Gasteiger partial charge in [-0.3, -0.25) is 9.79 Å². The lowest BCUT2D eigenvalue weighted by atomic mass is 9.84. The van der Waals surface area contributed by atoms with Gasteiger partial charge in [0, 0.05) is 39.8 Å². The van der Waals surface area contributed by atoms with Crippen molar-refractivity contribution in [1.29, 1.82) is 0 Å². The molecule has 0 aromatic heterocycles. The Labute approximate surface area is 168 Å². The van der Waals surface area contributed by atoms with Crippen molar-refractivity contribution in [3.8, 4) is 5.75 Å². The second-order valence-electron chi connectivity index (χ2n) is 7.40. The van der Waals surface area contributed by atoms with Crippen molar-refractivity contribution in [2.45, 2.75) is 32.3 Å². The highest BCUT2D eigenvalue weighted by Crippen LogP contribution is 2.38. The number of carbonyl (C=O) groups is 1. The molecule has 0 spiro atoms. The van der Waals surface area contributed by atoms with Gasteiger partial charge in [-0.1, -0.05) is 31.0 Å². The van der Waals surface area contributed by atoms with Gasteiger partial charge < -0.3 is 25.0 Å². The zero-order valence-corrected chi connectivity index (χ0v) is 17.6. The molecule has 0 radical (unpaired) electrons. The van der Waals surface area contributed by atoms with E-state index in [1.54, 1.807) is 19.1 Å². The lowest BCUT2D eigenvalue weighted by Crippen LogP contribution is -2.49. The summed E-state index contributed by atoms with van der Waals surface area (Å²) in [5.74, 6) is 1.73. The van der Waals surface area contributed by atoms with Crippen LogP contribution in [0.2, 0.25) is 0 Å². The number of hydrogen-bond donors (Lipinski definition) is 2. The minimum absolute atomic E-state index is 0.202. The minimum atomic E-state index is -0.318. The Morgan fingerprint density at radius 3 is 2.57 bits per heavy atom. The number of aliphatic imine (C=N–C) groups is 1. The second-order valence-corrected chi connectivity index (χ2v) is 7.40. The van der Waals surface area contributed by atoms with E-state index in [9.17, 15) is 4.79 Å². The third kappa shape index (κ3) is 5.86. The maximum Gasteiger partial charge on any atom is 0.230 e. The molecule has 28 heavy (non-hydrogen) atoms. The highest BCUT2D eigenvalue weighted by Gasteiger charge is 2.42. The Morgan fingerprint density at radius 1 is 1.21 bits per heavy atom. The van der Waals surface area contributed by atoms with Crippen LogP contribution in [0.3, 0.4) is 0 Å². The SMILES string of the molecule is CN=C(NCCOCc1ccccc1OC)NCC1(C(=O)N(C)C)CCCC1. The van der Waals surface area contributed by atoms with Crippen molar-refractivity contribution >= 4 is 11.9 Å². The van der Waals surface area contributed by atoms with E-state index < -0.39 is 0 Å². The van der Waals surface area contributed by atoms with Crippen LogP contribution in [0.25, 0.3) is 0 Å². The van der Waals surface area contributed by atoms with Crippen molar-refractivity contribution in [2.75, 3.05) is 47.9 Å². The van der Waals surface area contributed by atoms with Gasteiger partial charge in [0.2, 0.25) is 5.91 Å². The van der Waals surface area contributed by atoms with Crippen LogP contribution in [0.15, 0.2) is 29.3 Å². The van der Waals surface area contributed by atoms with Crippen LogP contribution in [-0.2, 0) is 16.1 Å². The average molecular weight is 391 g/mol. The molecule has 1 amide bonds. The third-order valence-electron chi connectivity index (χ3n) is 5.23. The molecule has 7 nitrogen and oxygen atoms in total. The van der Waals surface area contributed by atoms with E-state index in [4.69, 9.17) is 9.47 Å². The van der Waals surface area contributed by atoms with E-state index in [2.05, 4.69) is 15.6 Å². The predicted octanol–water partition coefficient (Wildman–Crippen LogP) is 2.03. The average Bonchev–Trinajstić information content (AvgIpc) is 3.19. The van der Waals surface area contributed by atoms with Crippen LogP contribution in [0.1, 0.15) is 31.2 Å². The van der Waals surface area contributed by atoms with Gasteiger partial charge in [-0.25, -0.2) is 0 Å². The van der Waals surface area contributed by atoms with Gasteiger partial charge in [0.1, 0.15) is 5.75 Å². The van der Waals surface area contributed by atoms with Gasteiger partial charge in [-0.2, -0.15) is 0 Å². The first kappa shape index (κ1) is 22.0. The van der Waals surface area contributed by atoms with Gasteiger partial charge in [-0.15, -0.1) is 0 Å². The number of guanidine groups is 1. The van der Waals surface area contributed by atoms with Crippen LogP contribution in [0.5, 0.6) is 5.75 Å². The van der Waals surface area contributed by atoms with Gasteiger partial charge in [0.15, 0.2) is 5.96 Å². The topological polar surface area (TPSA) is 75.2 Å². The van der Waals surface area contributed by atoms with Gasteiger partial charge in [0.05, 0.1) is 25.7 Å². The summed E-state index contributed by atoms with van der Waals surface area (Å²) < 4.78 is 11.1. The Kier molecular flexibility index (Phi) is 8.57. The Hall–Kier alpha value is -2.28. The van der Waals surface area contributed by atoms with E-state index in [-0.39, 0.29) is 11.3 Å². The van der Waals surface area contributed by atoms with E-state index in [0.29, 0.717) is 32.3 Å². The molecule has 0 aliphatic heterocycles. The molecule has 156 valence electrons. The lowest BCUT2D eigenvalue weighted by Gasteiger charge is -2.31. The van der Waals surface area contributed by atoms with Gasteiger partial charge in [0.25, 0.3) is 0 Å². The molecular formula is C21H34N4O3. The number of methoxy groups -OCH3 is 1. The van der Waals surface area contributed by atoms with E-state index in [0.717, 1.165) is 37.0 Å². The molecule has 0 saturated heterocycles. The standard InChI is InChI=1S/C21H34N4O3/c1-22-20(24-16-21(11-7-8-12-21)19(26)25(2)3)23-13-14-28-15-17-9-5-6-10-18(17)27-4/h5-6,9-10H,7-8,11-16H2,1-4H3,(H2,22,23,24). The van der Waals surface area contributed by atoms with E-state index in [1.807, 2.05) is 38.4 Å². The fraction of sp³-hybridized carbons (Fsp3) is 0.619. The van der Waals surface area contributed by atoms with Crippen LogP contribution < -0.4 is 15.4 Å². The molecule has 1 aliphatic carbocycles. The van der Waals surface area contributed by atoms with Crippen LogP contribution in [-0.4, -0.2) is 64.7 Å². The Balaban J connectivity index is 1.74. The predicted molar refractivity (Wildman–Crippen MR) is 112 cm³/mol. The summed E-state index contributed by atoms with van der Waals surface area (Å²) in [7, 11) is 7.05.